The molecule has 1 aliphatic rings. The third kappa shape index (κ3) is 2.58. The predicted molar refractivity (Wildman–Crippen MR) is 71.9 cm³/mol. The molecule has 7 heteroatoms. The zero-order chi connectivity index (χ0) is 15.9. The second-order valence-corrected chi connectivity index (χ2v) is 5.66. The summed E-state index contributed by atoms with van der Waals surface area (Å²) in [6.45, 7) is 3.38. The van der Waals surface area contributed by atoms with Gasteiger partial charge in [0.15, 0.2) is 0 Å². The average molecular weight is 294 g/mol. The number of nitrogens with two attached hydrogens (primary N) is 1. The van der Waals surface area contributed by atoms with Crippen LogP contribution in [-0.4, -0.2) is 22.9 Å². The van der Waals surface area contributed by atoms with Crippen molar-refractivity contribution in [3.8, 4) is 0 Å². The van der Waals surface area contributed by atoms with E-state index in [1.807, 2.05) is 0 Å². The fourth-order valence-corrected chi connectivity index (χ4v) is 2.60. The molecule has 4 N–H and O–H groups in total. The maximum Gasteiger partial charge on any atom is 0.307 e. The van der Waals surface area contributed by atoms with E-state index in [9.17, 15) is 18.8 Å². The van der Waals surface area contributed by atoms with E-state index in [4.69, 9.17) is 10.8 Å². The lowest BCUT2D eigenvalue weighted by Crippen LogP contribution is -2.19. The largest absolute Gasteiger partial charge is 0.481 e. The first-order valence-electron chi connectivity index (χ1n) is 6.29. The molecule has 0 aromatic heterocycles. The third-order valence-corrected chi connectivity index (χ3v) is 3.88. The number of rotatable bonds is 4. The molecule has 1 aromatic carbocycles. The minimum absolute atomic E-state index is 0.196. The highest BCUT2D eigenvalue weighted by Crippen LogP contribution is 2.58. The smallest absolute Gasteiger partial charge is 0.307 e. The van der Waals surface area contributed by atoms with Crippen molar-refractivity contribution in [1.29, 1.82) is 0 Å². The van der Waals surface area contributed by atoms with Gasteiger partial charge in [0.1, 0.15) is 5.82 Å². The second kappa shape index (κ2) is 4.83. The molecule has 21 heavy (non-hydrogen) atoms. The summed E-state index contributed by atoms with van der Waals surface area (Å²) in [5.74, 6) is -4.66. The van der Waals surface area contributed by atoms with Gasteiger partial charge < -0.3 is 16.2 Å². The van der Waals surface area contributed by atoms with Crippen LogP contribution in [0.25, 0.3) is 0 Å². The Kier molecular flexibility index (Phi) is 3.44. The number of anilines is 1. The van der Waals surface area contributed by atoms with Crippen LogP contribution in [0.15, 0.2) is 18.2 Å². The van der Waals surface area contributed by atoms with E-state index < -0.39 is 40.9 Å². The Balaban J connectivity index is 2.17. The van der Waals surface area contributed by atoms with Gasteiger partial charge >= 0.3 is 5.97 Å². The van der Waals surface area contributed by atoms with Crippen LogP contribution in [0.5, 0.6) is 0 Å². The molecular weight excluding hydrogens is 279 g/mol. The fourth-order valence-electron chi connectivity index (χ4n) is 2.60. The molecule has 0 unspecified atom stereocenters. The summed E-state index contributed by atoms with van der Waals surface area (Å²) >= 11 is 0. The molecule has 0 saturated heterocycles. The van der Waals surface area contributed by atoms with E-state index in [2.05, 4.69) is 5.32 Å². The van der Waals surface area contributed by atoms with Crippen molar-refractivity contribution in [2.45, 2.75) is 13.8 Å². The van der Waals surface area contributed by atoms with Crippen molar-refractivity contribution in [2.75, 3.05) is 5.32 Å². The molecular formula is C14H15FN2O4. The quantitative estimate of drug-likeness (QED) is 0.775. The van der Waals surface area contributed by atoms with Gasteiger partial charge in [-0.25, -0.2) is 4.39 Å². The zero-order valence-electron chi connectivity index (χ0n) is 11.5. The van der Waals surface area contributed by atoms with E-state index in [0.29, 0.717) is 0 Å². The van der Waals surface area contributed by atoms with Crippen molar-refractivity contribution in [2.24, 2.45) is 23.0 Å². The standard InChI is InChI=1S/C14H15FN2O4/c1-14(2)9(10(14)13(20)21)12(19)17-6-3-4-8(15)7(5-6)11(16)18/h3-5,9-10H,1-2H3,(H2,16,18)(H,17,19)(H,20,21)/t9-,10+/m1/s1. The number of benzene rings is 1. The lowest BCUT2D eigenvalue weighted by molar-refractivity contribution is -0.140. The maximum absolute atomic E-state index is 13.3. The number of amides is 2. The number of halogens is 1. The van der Waals surface area contributed by atoms with Crippen molar-refractivity contribution >= 4 is 23.5 Å². The molecule has 6 nitrogen and oxygen atoms in total. The van der Waals surface area contributed by atoms with Crippen LogP contribution >= 0.6 is 0 Å². The third-order valence-electron chi connectivity index (χ3n) is 3.88. The van der Waals surface area contributed by atoms with Gasteiger partial charge in [-0.1, -0.05) is 13.8 Å². The van der Waals surface area contributed by atoms with E-state index in [1.54, 1.807) is 13.8 Å². The number of carboxylic acid groups (broad SMARTS) is 1. The van der Waals surface area contributed by atoms with E-state index >= 15 is 0 Å². The zero-order valence-corrected chi connectivity index (χ0v) is 11.5. The summed E-state index contributed by atoms with van der Waals surface area (Å²) in [7, 11) is 0. The number of carboxylic acids is 1. The highest BCUT2D eigenvalue weighted by atomic mass is 19.1. The molecule has 112 valence electrons. The van der Waals surface area contributed by atoms with Crippen LogP contribution < -0.4 is 11.1 Å². The Morgan fingerprint density at radius 2 is 1.90 bits per heavy atom. The Labute approximate surface area is 120 Å². The summed E-state index contributed by atoms with van der Waals surface area (Å²) in [4.78, 5) is 34.2. The molecule has 1 aromatic rings. The molecule has 0 bridgehead atoms. The number of primary amides is 1. The number of aliphatic carboxylic acids is 1. The van der Waals surface area contributed by atoms with Gasteiger partial charge in [-0.15, -0.1) is 0 Å². The van der Waals surface area contributed by atoms with Crippen molar-refractivity contribution in [3.63, 3.8) is 0 Å². The molecule has 1 fully saturated rings. The minimum atomic E-state index is -1.03. The highest BCUT2D eigenvalue weighted by Gasteiger charge is 2.65. The van der Waals surface area contributed by atoms with Crippen molar-refractivity contribution in [3.05, 3.63) is 29.6 Å². The molecule has 0 spiro atoms. The number of hydrogen-bond acceptors (Lipinski definition) is 3. The number of nitrogens with one attached hydrogen (secondary N) is 1. The molecule has 2 rings (SSSR count). The summed E-state index contributed by atoms with van der Waals surface area (Å²) in [5, 5.41) is 11.5. The monoisotopic (exact) mass is 294 g/mol. The summed E-state index contributed by atoms with van der Waals surface area (Å²) in [6.07, 6.45) is 0. The molecule has 1 aliphatic carbocycles. The lowest BCUT2D eigenvalue weighted by Gasteiger charge is -2.07. The summed E-state index contributed by atoms with van der Waals surface area (Å²) in [6, 6.07) is 3.42. The number of carbonyl (C=O) groups is 3. The first-order chi connectivity index (χ1) is 9.66. The van der Waals surface area contributed by atoms with Crippen molar-refractivity contribution in [1.82, 2.24) is 0 Å². The van der Waals surface area contributed by atoms with Crippen LogP contribution in [0.4, 0.5) is 10.1 Å². The first-order valence-corrected chi connectivity index (χ1v) is 6.29. The van der Waals surface area contributed by atoms with Crippen LogP contribution in [-0.2, 0) is 9.59 Å². The SMILES string of the molecule is CC1(C)[C@H](C(=O)O)[C@@H]1C(=O)Nc1ccc(F)c(C(N)=O)c1. The number of hydrogen-bond donors (Lipinski definition) is 3. The van der Waals surface area contributed by atoms with Gasteiger partial charge in [-0.05, 0) is 23.6 Å². The lowest BCUT2D eigenvalue weighted by atomic mass is 10.1. The molecule has 1 saturated carbocycles. The minimum Gasteiger partial charge on any atom is -0.481 e. The van der Waals surface area contributed by atoms with Gasteiger partial charge in [0.25, 0.3) is 5.91 Å². The van der Waals surface area contributed by atoms with Gasteiger partial charge in [-0.3, -0.25) is 14.4 Å². The topological polar surface area (TPSA) is 109 Å². The molecule has 0 aliphatic heterocycles. The Hall–Kier alpha value is -2.44. The van der Waals surface area contributed by atoms with Gasteiger partial charge in [0.05, 0.1) is 17.4 Å². The molecule has 0 radical (unpaired) electrons. The normalized spacial score (nSPS) is 22.4. The van der Waals surface area contributed by atoms with Crippen LogP contribution in [0.2, 0.25) is 0 Å². The first kappa shape index (κ1) is 15.0. The predicted octanol–water partition coefficient (Wildman–Crippen LogP) is 1.22. The average Bonchev–Trinajstić information content (AvgIpc) is 2.94. The fraction of sp³-hybridized carbons (Fsp3) is 0.357. The van der Waals surface area contributed by atoms with Crippen LogP contribution in [0.1, 0.15) is 24.2 Å². The Morgan fingerprint density at radius 3 is 2.38 bits per heavy atom. The van der Waals surface area contributed by atoms with E-state index in [1.165, 1.54) is 6.07 Å². The second-order valence-electron chi connectivity index (χ2n) is 5.66. The van der Waals surface area contributed by atoms with Crippen LogP contribution in [0.3, 0.4) is 0 Å². The summed E-state index contributed by atoms with van der Waals surface area (Å²) < 4.78 is 13.3. The van der Waals surface area contributed by atoms with Gasteiger partial charge in [0, 0.05) is 5.69 Å². The Bertz CT molecular complexity index is 642. The highest BCUT2D eigenvalue weighted by molar-refractivity contribution is 6.01. The Morgan fingerprint density at radius 1 is 1.29 bits per heavy atom. The van der Waals surface area contributed by atoms with E-state index in [0.717, 1.165) is 12.1 Å². The van der Waals surface area contributed by atoms with Gasteiger partial charge in [-0.2, -0.15) is 0 Å². The molecule has 2 amide bonds. The van der Waals surface area contributed by atoms with Crippen LogP contribution in [0, 0.1) is 23.1 Å². The number of carbonyl (C=O) groups excluding carboxylic acids is 2. The molecule has 0 heterocycles. The van der Waals surface area contributed by atoms with Gasteiger partial charge in [0.2, 0.25) is 5.91 Å². The maximum atomic E-state index is 13.3. The molecule has 2 atom stereocenters. The van der Waals surface area contributed by atoms with Crippen molar-refractivity contribution < 1.29 is 23.9 Å². The summed E-state index contributed by atoms with van der Waals surface area (Å²) in [5.41, 5.74) is 4.25. The van der Waals surface area contributed by atoms with E-state index in [-0.39, 0.29) is 11.3 Å².